The van der Waals surface area contributed by atoms with Gasteiger partial charge in [0.05, 0.1) is 6.54 Å². The first kappa shape index (κ1) is 9.84. The van der Waals surface area contributed by atoms with Gasteiger partial charge in [-0.2, -0.15) is 13.2 Å². The first-order valence-electron chi connectivity index (χ1n) is 4.33. The molecule has 4 heteroatoms. The van der Waals surface area contributed by atoms with Crippen LogP contribution in [0.1, 0.15) is 26.2 Å². The van der Waals surface area contributed by atoms with Gasteiger partial charge in [-0.1, -0.05) is 6.92 Å². The molecule has 0 bridgehead atoms. The van der Waals surface area contributed by atoms with E-state index in [0.29, 0.717) is 6.54 Å². The molecule has 0 aromatic heterocycles. The van der Waals surface area contributed by atoms with Gasteiger partial charge in [0, 0.05) is 6.04 Å². The van der Waals surface area contributed by atoms with Crippen LogP contribution in [0.25, 0.3) is 0 Å². The van der Waals surface area contributed by atoms with Crippen molar-refractivity contribution in [3.63, 3.8) is 0 Å². The Balaban J connectivity index is 2.41. The maximum atomic E-state index is 12.0. The molecular formula is C8H14F3N. The lowest BCUT2D eigenvalue weighted by Crippen LogP contribution is -2.37. The molecular weight excluding hydrogens is 167 g/mol. The van der Waals surface area contributed by atoms with Crippen LogP contribution in [0.15, 0.2) is 0 Å². The van der Waals surface area contributed by atoms with Gasteiger partial charge in [-0.15, -0.1) is 0 Å². The second-order valence-corrected chi connectivity index (χ2v) is 3.29. The first-order valence-corrected chi connectivity index (χ1v) is 4.33. The predicted octanol–water partition coefficient (Wildman–Crippen LogP) is 2.42. The lowest BCUT2D eigenvalue weighted by atomic mass is 10.2. The molecule has 72 valence electrons. The highest BCUT2D eigenvalue weighted by Crippen LogP contribution is 2.25. The topological polar surface area (TPSA) is 3.24 Å². The average molecular weight is 181 g/mol. The molecule has 1 unspecified atom stereocenters. The van der Waals surface area contributed by atoms with Crippen LogP contribution in [-0.2, 0) is 0 Å². The Kier molecular flexibility index (Phi) is 2.99. The summed E-state index contributed by atoms with van der Waals surface area (Å²) in [5.74, 6) is 0. The second kappa shape index (κ2) is 3.64. The van der Waals surface area contributed by atoms with Crippen molar-refractivity contribution in [2.45, 2.75) is 38.4 Å². The van der Waals surface area contributed by atoms with Gasteiger partial charge in [-0.05, 0) is 25.8 Å². The van der Waals surface area contributed by atoms with Crippen LogP contribution in [0.5, 0.6) is 0 Å². The van der Waals surface area contributed by atoms with Gasteiger partial charge in [0.25, 0.3) is 0 Å². The summed E-state index contributed by atoms with van der Waals surface area (Å²) < 4.78 is 35.9. The van der Waals surface area contributed by atoms with E-state index in [9.17, 15) is 13.2 Å². The van der Waals surface area contributed by atoms with E-state index < -0.39 is 12.7 Å². The third-order valence-corrected chi connectivity index (χ3v) is 2.35. The number of alkyl halides is 3. The number of hydrogen-bond donors (Lipinski definition) is 0. The molecule has 0 aliphatic carbocycles. The molecule has 12 heavy (non-hydrogen) atoms. The van der Waals surface area contributed by atoms with Crippen molar-refractivity contribution >= 4 is 0 Å². The fourth-order valence-electron chi connectivity index (χ4n) is 1.80. The summed E-state index contributed by atoms with van der Waals surface area (Å²) >= 11 is 0. The molecule has 1 rings (SSSR count). The van der Waals surface area contributed by atoms with Crippen molar-refractivity contribution in [2.24, 2.45) is 0 Å². The van der Waals surface area contributed by atoms with Gasteiger partial charge < -0.3 is 0 Å². The highest BCUT2D eigenvalue weighted by molar-refractivity contribution is 4.79. The number of hydrogen-bond acceptors (Lipinski definition) is 1. The summed E-state index contributed by atoms with van der Waals surface area (Å²) in [6.45, 7) is 1.82. The Morgan fingerprint density at radius 2 is 2.08 bits per heavy atom. The molecule has 1 heterocycles. The average Bonchev–Trinajstić information content (AvgIpc) is 2.31. The summed E-state index contributed by atoms with van der Waals surface area (Å²) in [7, 11) is 0. The Bertz CT molecular complexity index is 144. The molecule has 1 aliphatic heterocycles. The van der Waals surface area contributed by atoms with Crippen molar-refractivity contribution in [1.82, 2.24) is 4.90 Å². The van der Waals surface area contributed by atoms with E-state index >= 15 is 0 Å². The number of nitrogens with zero attached hydrogens (tertiary/aromatic N) is 1. The highest BCUT2D eigenvalue weighted by Gasteiger charge is 2.35. The summed E-state index contributed by atoms with van der Waals surface area (Å²) in [4.78, 5) is 1.54. The van der Waals surface area contributed by atoms with Crippen LogP contribution >= 0.6 is 0 Å². The first-order chi connectivity index (χ1) is 5.53. The maximum absolute atomic E-state index is 12.0. The van der Waals surface area contributed by atoms with E-state index in [4.69, 9.17) is 0 Å². The molecule has 0 aromatic rings. The molecule has 0 radical (unpaired) electrons. The van der Waals surface area contributed by atoms with Crippen LogP contribution in [0, 0.1) is 0 Å². The van der Waals surface area contributed by atoms with Crippen LogP contribution in [0.4, 0.5) is 13.2 Å². The minimum atomic E-state index is -4.03. The zero-order valence-electron chi connectivity index (χ0n) is 7.19. The monoisotopic (exact) mass is 181 g/mol. The Hall–Kier alpha value is -0.250. The van der Waals surface area contributed by atoms with E-state index in [1.165, 1.54) is 0 Å². The largest absolute Gasteiger partial charge is 0.401 e. The number of halogens is 3. The molecule has 1 fully saturated rings. The van der Waals surface area contributed by atoms with Gasteiger partial charge in [0.2, 0.25) is 0 Å². The zero-order chi connectivity index (χ0) is 9.19. The molecule has 0 spiro atoms. The van der Waals surface area contributed by atoms with Crippen molar-refractivity contribution in [3.8, 4) is 0 Å². The van der Waals surface area contributed by atoms with E-state index in [2.05, 4.69) is 0 Å². The summed E-state index contributed by atoms with van der Waals surface area (Å²) in [5, 5.41) is 0. The maximum Gasteiger partial charge on any atom is 0.401 e. The fourth-order valence-corrected chi connectivity index (χ4v) is 1.80. The Morgan fingerprint density at radius 1 is 1.42 bits per heavy atom. The van der Waals surface area contributed by atoms with Crippen LogP contribution in [-0.4, -0.2) is 30.2 Å². The predicted molar refractivity (Wildman–Crippen MR) is 40.9 cm³/mol. The van der Waals surface area contributed by atoms with Gasteiger partial charge in [0.15, 0.2) is 0 Å². The van der Waals surface area contributed by atoms with Crippen LogP contribution in [0.2, 0.25) is 0 Å². The summed E-state index contributed by atoms with van der Waals surface area (Å²) in [5.41, 5.74) is 0. The molecule has 1 atom stereocenters. The van der Waals surface area contributed by atoms with Crippen molar-refractivity contribution in [1.29, 1.82) is 0 Å². The smallest absolute Gasteiger partial charge is 0.292 e. The third kappa shape index (κ3) is 2.66. The lowest BCUT2D eigenvalue weighted by molar-refractivity contribution is -0.147. The molecule has 0 amide bonds. The standard InChI is InChI=1S/C8H14F3N/c1-2-7-4-3-5-12(7)6-8(9,10)11/h7H,2-6H2,1H3. The summed E-state index contributed by atoms with van der Waals surface area (Å²) in [6, 6.07) is 0.159. The van der Waals surface area contributed by atoms with E-state index in [-0.39, 0.29) is 6.04 Å². The molecule has 1 saturated heterocycles. The molecule has 0 N–H and O–H groups in total. The van der Waals surface area contributed by atoms with E-state index in [0.717, 1.165) is 19.3 Å². The van der Waals surface area contributed by atoms with Crippen molar-refractivity contribution in [2.75, 3.05) is 13.1 Å². The van der Waals surface area contributed by atoms with Crippen molar-refractivity contribution in [3.05, 3.63) is 0 Å². The molecule has 0 saturated carbocycles. The van der Waals surface area contributed by atoms with E-state index in [1.54, 1.807) is 4.90 Å². The Morgan fingerprint density at radius 3 is 2.58 bits per heavy atom. The van der Waals surface area contributed by atoms with Crippen LogP contribution in [0.3, 0.4) is 0 Å². The Labute approximate surface area is 70.5 Å². The highest BCUT2D eigenvalue weighted by atomic mass is 19.4. The normalized spacial score (nSPS) is 26.5. The van der Waals surface area contributed by atoms with Gasteiger partial charge in [0.1, 0.15) is 0 Å². The lowest BCUT2D eigenvalue weighted by Gasteiger charge is -2.24. The number of rotatable bonds is 2. The van der Waals surface area contributed by atoms with Crippen molar-refractivity contribution < 1.29 is 13.2 Å². The van der Waals surface area contributed by atoms with Gasteiger partial charge >= 0.3 is 6.18 Å². The SMILES string of the molecule is CCC1CCCN1CC(F)(F)F. The minimum Gasteiger partial charge on any atom is -0.292 e. The molecule has 0 aromatic carbocycles. The molecule has 1 aliphatic rings. The van der Waals surface area contributed by atoms with Gasteiger partial charge in [-0.3, -0.25) is 4.90 Å². The fraction of sp³-hybridized carbons (Fsp3) is 1.00. The second-order valence-electron chi connectivity index (χ2n) is 3.29. The van der Waals surface area contributed by atoms with Crippen LogP contribution < -0.4 is 0 Å². The van der Waals surface area contributed by atoms with Gasteiger partial charge in [-0.25, -0.2) is 0 Å². The zero-order valence-corrected chi connectivity index (χ0v) is 7.19. The minimum absolute atomic E-state index is 0.159. The third-order valence-electron chi connectivity index (χ3n) is 2.35. The molecule has 1 nitrogen and oxygen atoms in total. The summed E-state index contributed by atoms with van der Waals surface area (Å²) in [6.07, 6.45) is -1.37. The number of likely N-dealkylation sites (tertiary alicyclic amines) is 1. The quantitative estimate of drug-likeness (QED) is 0.632. The van der Waals surface area contributed by atoms with E-state index in [1.807, 2.05) is 6.92 Å².